The number of hydrogen-bond acceptors (Lipinski definition) is 24. The fourth-order valence-electron chi connectivity index (χ4n) is 3.48. The van der Waals surface area contributed by atoms with Crippen LogP contribution in [-0.2, 0) is 14.2 Å². The van der Waals surface area contributed by atoms with Gasteiger partial charge in [-0.25, -0.2) is 0 Å². The van der Waals surface area contributed by atoms with E-state index >= 15 is 0 Å². The van der Waals surface area contributed by atoms with Crippen molar-refractivity contribution in [1.29, 1.82) is 0 Å². The summed E-state index contributed by atoms with van der Waals surface area (Å²) in [6.45, 7) is -8.81. The highest BCUT2D eigenvalue weighted by Gasteiger charge is 2.38. The van der Waals surface area contributed by atoms with E-state index in [0.717, 1.165) is 0 Å². The largest absolute Gasteiger partial charge is 0.396 e. The van der Waals surface area contributed by atoms with Crippen molar-refractivity contribution in [2.45, 2.75) is 18.9 Å². The van der Waals surface area contributed by atoms with E-state index in [1.165, 1.54) is 0 Å². The monoisotopic (exact) mass is 882 g/mol. The fourth-order valence-corrected chi connectivity index (χ4v) is 3.48. The second-order valence-corrected chi connectivity index (χ2v) is 15.1. The third-order valence-electron chi connectivity index (χ3n) is 9.97. The molecule has 59 heavy (non-hydrogen) atoms. The first-order chi connectivity index (χ1) is 28.0. The lowest BCUT2D eigenvalue weighted by atomic mass is 9.88. The molecular formula is C35H78O24. The fraction of sp³-hybridized carbons (Fsp3) is 1.00. The lowest BCUT2D eigenvalue weighted by Gasteiger charge is -2.36. The molecule has 0 bridgehead atoms. The summed E-state index contributed by atoms with van der Waals surface area (Å²) >= 11 is 0. The highest BCUT2D eigenvalue weighted by Crippen LogP contribution is 2.24. The molecule has 0 radical (unpaired) electrons. The maximum atomic E-state index is 9.54. The van der Waals surface area contributed by atoms with E-state index in [1.54, 1.807) is 0 Å². The highest BCUT2D eigenvalue weighted by molar-refractivity contribution is 4.85. The summed E-state index contributed by atoms with van der Waals surface area (Å²) in [5.41, 5.74) is -8.29. The minimum atomic E-state index is -1.62. The van der Waals surface area contributed by atoms with Gasteiger partial charge in [-0.15, -0.1) is 0 Å². The van der Waals surface area contributed by atoms with Gasteiger partial charge < -0.3 is 121 Å². The minimum absolute atomic E-state index is 0.141. The Balaban J connectivity index is -0.000000373. The second-order valence-electron chi connectivity index (χ2n) is 15.1. The molecule has 0 aliphatic carbocycles. The predicted molar refractivity (Wildman–Crippen MR) is 204 cm³/mol. The van der Waals surface area contributed by atoms with Crippen molar-refractivity contribution >= 4 is 0 Å². The van der Waals surface area contributed by atoms with E-state index in [4.69, 9.17) is 80.6 Å². The smallest absolute Gasteiger partial charge is 0.137 e. The van der Waals surface area contributed by atoms with Crippen molar-refractivity contribution in [2.24, 2.45) is 32.5 Å². The Morgan fingerprint density at radius 3 is 0.576 bits per heavy atom. The molecule has 24 heteroatoms. The zero-order valence-electron chi connectivity index (χ0n) is 34.2. The number of aliphatic hydroxyl groups excluding tert-OH is 21. The molecule has 0 spiro atoms. The molecule has 0 rings (SSSR count). The van der Waals surface area contributed by atoms with Gasteiger partial charge in [0.05, 0.1) is 199 Å². The van der Waals surface area contributed by atoms with Gasteiger partial charge in [0.2, 0.25) is 0 Å². The van der Waals surface area contributed by atoms with Gasteiger partial charge >= 0.3 is 0 Å². The SMILES string of the molecule is CCC(CO)(CO)CO.OCC(CO)(CO)CO.OCC(CO)(CO)COCC(CO)(CO)CO.OCC(CO)(CO)COCC(CO)(CO)COC(CO)(CO)CO. The van der Waals surface area contributed by atoms with Crippen LogP contribution < -0.4 is 0 Å². The van der Waals surface area contributed by atoms with E-state index < -0.39 is 157 Å². The van der Waals surface area contributed by atoms with E-state index in [9.17, 15) is 40.9 Å². The van der Waals surface area contributed by atoms with Gasteiger partial charge in [-0.05, 0) is 6.42 Å². The molecule has 0 aliphatic heterocycles. The first-order valence-corrected chi connectivity index (χ1v) is 18.5. The first kappa shape index (κ1) is 64.7. The number of hydrogen-bond donors (Lipinski definition) is 21. The Morgan fingerprint density at radius 2 is 0.441 bits per heavy atom. The zero-order valence-corrected chi connectivity index (χ0v) is 34.2. The van der Waals surface area contributed by atoms with Crippen LogP contribution in [0, 0.1) is 32.5 Å². The summed E-state index contributed by atoms with van der Waals surface area (Å²) in [5, 5.41) is 189. The number of rotatable bonds is 33. The molecule has 0 unspecified atom stereocenters. The molecule has 0 atom stereocenters. The second kappa shape index (κ2) is 35.5. The average molecular weight is 883 g/mol. The molecule has 0 aromatic carbocycles. The van der Waals surface area contributed by atoms with E-state index in [-0.39, 0.29) is 52.9 Å². The molecule has 0 heterocycles. The van der Waals surface area contributed by atoms with Gasteiger partial charge in [-0.1, -0.05) is 6.92 Å². The lowest BCUT2D eigenvalue weighted by Crippen LogP contribution is -2.50. The van der Waals surface area contributed by atoms with Crippen LogP contribution in [0.25, 0.3) is 0 Å². The zero-order chi connectivity index (χ0) is 46.7. The standard InChI is InChI=1S/C14H30O10.C10H22O7.C6H14O3.C5H12O4/c15-1-12(2-16,3-17)9-23-10-13(4-18,5-19)11-24-14(6-20,7-21)8-22;11-1-9(2-12,3-13)7-17-8-10(4-14,5-15)6-16;1-2-6(3-7,4-8)5-9;6-1-5(2-7,3-8)4-9/h15-22H,1-11H2;11-16H,1-8H2;7-9H,2-5H2,1H3;6-9H,1-4H2. The minimum Gasteiger partial charge on any atom is -0.396 e. The Bertz CT molecular complexity index is 796. The van der Waals surface area contributed by atoms with Crippen molar-refractivity contribution in [3.8, 4) is 0 Å². The maximum absolute atomic E-state index is 9.54. The van der Waals surface area contributed by atoms with Crippen LogP contribution in [0.4, 0.5) is 0 Å². The van der Waals surface area contributed by atoms with Crippen molar-refractivity contribution < 1.29 is 121 Å². The number of ether oxygens (including phenoxy) is 3. The topological polar surface area (TPSA) is 453 Å². The molecule has 24 nitrogen and oxygen atoms in total. The normalized spacial score (nSPS) is 12.9. The van der Waals surface area contributed by atoms with Crippen LogP contribution in [0.3, 0.4) is 0 Å². The molecule has 0 fully saturated rings. The highest BCUT2D eigenvalue weighted by atomic mass is 16.5. The summed E-state index contributed by atoms with van der Waals surface area (Å²) in [7, 11) is 0. The molecule has 0 saturated heterocycles. The maximum Gasteiger partial charge on any atom is 0.137 e. The Morgan fingerprint density at radius 1 is 0.237 bits per heavy atom. The van der Waals surface area contributed by atoms with Crippen LogP contribution in [0.5, 0.6) is 0 Å². The van der Waals surface area contributed by atoms with Gasteiger partial charge in [0, 0.05) is 5.41 Å². The average Bonchev–Trinajstić information content (AvgIpc) is 3.31. The van der Waals surface area contributed by atoms with Crippen LogP contribution in [0.1, 0.15) is 13.3 Å². The summed E-state index contributed by atoms with van der Waals surface area (Å²) < 4.78 is 15.8. The van der Waals surface area contributed by atoms with Gasteiger partial charge in [-0.2, -0.15) is 0 Å². The third-order valence-corrected chi connectivity index (χ3v) is 9.97. The van der Waals surface area contributed by atoms with Crippen molar-refractivity contribution in [1.82, 2.24) is 0 Å². The van der Waals surface area contributed by atoms with E-state index in [0.29, 0.717) is 6.42 Å². The van der Waals surface area contributed by atoms with Crippen LogP contribution in [0.15, 0.2) is 0 Å². The lowest BCUT2D eigenvalue weighted by molar-refractivity contribution is -0.178. The van der Waals surface area contributed by atoms with Crippen molar-refractivity contribution in [3.05, 3.63) is 0 Å². The Kier molecular flexibility index (Phi) is 38.9. The molecule has 21 N–H and O–H groups in total. The van der Waals surface area contributed by atoms with Crippen LogP contribution >= 0.6 is 0 Å². The van der Waals surface area contributed by atoms with Gasteiger partial charge in [0.15, 0.2) is 0 Å². The molecular weight excluding hydrogens is 804 g/mol. The van der Waals surface area contributed by atoms with Crippen LogP contribution in [0.2, 0.25) is 0 Å². The molecule has 362 valence electrons. The summed E-state index contributed by atoms with van der Waals surface area (Å²) in [6, 6.07) is 0. The van der Waals surface area contributed by atoms with Crippen molar-refractivity contribution in [2.75, 3.05) is 172 Å². The number of aliphatic hydroxyl groups is 21. The quantitative estimate of drug-likeness (QED) is 0.0291. The van der Waals surface area contributed by atoms with Crippen LogP contribution in [-0.4, -0.2) is 285 Å². The molecule has 0 aromatic heterocycles. The summed E-state index contributed by atoms with van der Waals surface area (Å²) in [4.78, 5) is 0. The third kappa shape index (κ3) is 22.3. The summed E-state index contributed by atoms with van der Waals surface area (Å²) in [6.07, 6.45) is 0.594. The Hall–Kier alpha value is -0.960. The Labute approximate surface area is 344 Å². The molecule has 0 saturated carbocycles. The van der Waals surface area contributed by atoms with E-state index in [2.05, 4.69) is 0 Å². The van der Waals surface area contributed by atoms with E-state index in [1.807, 2.05) is 6.92 Å². The predicted octanol–water partition coefficient (Wildman–Crippen LogP) is -10.1. The summed E-state index contributed by atoms with van der Waals surface area (Å²) in [5.74, 6) is 0. The van der Waals surface area contributed by atoms with Gasteiger partial charge in [0.1, 0.15) is 5.60 Å². The van der Waals surface area contributed by atoms with Gasteiger partial charge in [0.25, 0.3) is 0 Å². The molecule has 0 amide bonds. The van der Waals surface area contributed by atoms with Gasteiger partial charge in [-0.3, -0.25) is 0 Å². The van der Waals surface area contributed by atoms with Crippen molar-refractivity contribution in [3.63, 3.8) is 0 Å². The molecule has 0 aromatic rings. The first-order valence-electron chi connectivity index (χ1n) is 18.5. The molecule has 0 aliphatic rings.